The lowest BCUT2D eigenvalue weighted by molar-refractivity contribution is -0.153. The van der Waals surface area contributed by atoms with E-state index in [2.05, 4.69) is 4.98 Å². The first-order valence-corrected chi connectivity index (χ1v) is 8.91. The first-order valence-electron chi connectivity index (χ1n) is 7.10. The van der Waals surface area contributed by atoms with Crippen molar-refractivity contribution in [2.75, 3.05) is 18.9 Å². The number of imide groups is 1. The van der Waals surface area contributed by atoms with Crippen molar-refractivity contribution in [2.45, 2.75) is 17.2 Å². The van der Waals surface area contributed by atoms with Crippen molar-refractivity contribution in [1.29, 1.82) is 0 Å². The van der Waals surface area contributed by atoms with Crippen LogP contribution in [0.4, 0.5) is 0 Å². The minimum Gasteiger partial charge on any atom is -0.455 e. The van der Waals surface area contributed by atoms with Crippen LogP contribution in [0.1, 0.15) is 12.8 Å². The second-order valence-corrected chi connectivity index (χ2v) is 7.19. The van der Waals surface area contributed by atoms with E-state index in [0.29, 0.717) is 19.4 Å². The van der Waals surface area contributed by atoms with Gasteiger partial charge in [-0.15, -0.1) is 11.3 Å². The fourth-order valence-corrected chi connectivity index (χ4v) is 4.07. The van der Waals surface area contributed by atoms with Crippen molar-refractivity contribution in [3.63, 3.8) is 0 Å². The van der Waals surface area contributed by atoms with Gasteiger partial charge in [0.05, 0.1) is 16.0 Å². The fraction of sp³-hybridized carbons (Fsp3) is 0.333. The van der Waals surface area contributed by atoms with E-state index < -0.39 is 11.9 Å². The number of nitrogens with zero attached hydrogens (tertiary/aromatic N) is 2. The number of esters is 1. The van der Waals surface area contributed by atoms with Crippen LogP contribution in [0, 0.1) is 0 Å². The van der Waals surface area contributed by atoms with Crippen LogP contribution in [0.25, 0.3) is 10.2 Å². The van der Waals surface area contributed by atoms with Crippen molar-refractivity contribution >= 4 is 51.1 Å². The molecule has 6 nitrogen and oxygen atoms in total. The highest BCUT2D eigenvalue weighted by Crippen LogP contribution is 2.29. The molecule has 8 heteroatoms. The van der Waals surface area contributed by atoms with Crippen LogP contribution in [-0.2, 0) is 19.1 Å². The number of thiazole rings is 1. The first kappa shape index (κ1) is 15.9. The fourth-order valence-electron chi connectivity index (χ4n) is 2.21. The number of thioether (sulfide) groups is 1. The quantitative estimate of drug-likeness (QED) is 0.607. The molecule has 0 atom stereocenters. The van der Waals surface area contributed by atoms with Crippen LogP contribution in [0.2, 0.25) is 0 Å². The Kier molecular flexibility index (Phi) is 4.92. The smallest absolute Gasteiger partial charge is 0.316 e. The molecule has 1 aromatic heterocycles. The Labute approximate surface area is 140 Å². The summed E-state index contributed by atoms with van der Waals surface area (Å²) < 4.78 is 6.78. The van der Waals surface area contributed by atoms with Gasteiger partial charge in [-0.3, -0.25) is 19.3 Å². The van der Waals surface area contributed by atoms with E-state index >= 15 is 0 Å². The predicted octanol–water partition coefficient (Wildman–Crippen LogP) is 2.08. The van der Waals surface area contributed by atoms with Crippen molar-refractivity contribution in [3.8, 4) is 0 Å². The summed E-state index contributed by atoms with van der Waals surface area (Å²) in [6.07, 6.45) is 1.05. The third-order valence-electron chi connectivity index (χ3n) is 3.32. The summed E-state index contributed by atoms with van der Waals surface area (Å²) in [5, 5.41) is 0. The summed E-state index contributed by atoms with van der Waals surface area (Å²) in [6.45, 7) is 0.0284. The van der Waals surface area contributed by atoms with Crippen molar-refractivity contribution in [1.82, 2.24) is 9.88 Å². The zero-order chi connectivity index (χ0) is 16.2. The van der Waals surface area contributed by atoms with Gasteiger partial charge in [-0.05, 0) is 18.6 Å². The van der Waals surface area contributed by atoms with Crippen LogP contribution < -0.4 is 0 Å². The Morgan fingerprint density at radius 2 is 2.17 bits per heavy atom. The number of hydrogen-bond donors (Lipinski definition) is 0. The molecule has 0 radical (unpaired) electrons. The lowest BCUT2D eigenvalue weighted by Crippen LogP contribution is -2.35. The Hall–Kier alpha value is -1.93. The van der Waals surface area contributed by atoms with Crippen molar-refractivity contribution < 1.29 is 19.1 Å². The molecule has 2 aromatic rings. The second kappa shape index (κ2) is 7.10. The molecule has 0 bridgehead atoms. The summed E-state index contributed by atoms with van der Waals surface area (Å²) in [4.78, 5) is 40.4. The normalized spacial score (nSPS) is 14.4. The number of fused-ring (bicyclic) bond motifs is 1. The zero-order valence-electron chi connectivity index (χ0n) is 12.2. The maximum absolute atomic E-state index is 11.8. The van der Waals surface area contributed by atoms with E-state index in [9.17, 15) is 14.4 Å². The number of carbonyl (C=O) groups excluding carboxylic acids is 3. The van der Waals surface area contributed by atoms with Crippen LogP contribution in [0.3, 0.4) is 0 Å². The summed E-state index contributed by atoms with van der Waals surface area (Å²) in [5.74, 6) is -1.06. The number of carbonyl (C=O) groups is 3. The van der Waals surface area contributed by atoms with E-state index in [4.69, 9.17) is 4.74 Å². The first-order chi connectivity index (χ1) is 11.1. The molecule has 2 heterocycles. The number of amides is 2. The van der Waals surface area contributed by atoms with Crippen LogP contribution >= 0.6 is 23.1 Å². The Morgan fingerprint density at radius 1 is 1.35 bits per heavy atom. The number of hydrogen-bond acceptors (Lipinski definition) is 7. The van der Waals surface area contributed by atoms with Gasteiger partial charge >= 0.3 is 5.97 Å². The molecular weight excluding hydrogens is 336 g/mol. The molecule has 1 aromatic carbocycles. The monoisotopic (exact) mass is 350 g/mol. The van der Waals surface area contributed by atoms with Gasteiger partial charge in [-0.25, -0.2) is 4.98 Å². The van der Waals surface area contributed by atoms with E-state index in [1.165, 1.54) is 23.1 Å². The lowest BCUT2D eigenvalue weighted by atomic mass is 10.3. The van der Waals surface area contributed by atoms with Gasteiger partial charge < -0.3 is 4.74 Å². The molecule has 0 spiro atoms. The second-order valence-electron chi connectivity index (χ2n) is 4.94. The highest BCUT2D eigenvalue weighted by atomic mass is 32.2. The molecule has 0 aliphatic carbocycles. The topological polar surface area (TPSA) is 76.6 Å². The van der Waals surface area contributed by atoms with Crippen LogP contribution in [0.15, 0.2) is 28.6 Å². The molecule has 0 saturated carbocycles. The number of likely N-dealkylation sites (tertiary alicyclic amines) is 1. The number of ether oxygens (including phenoxy) is 1. The summed E-state index contributed by atoms with van der Waals surface area (Å²) in [5.41, 5.74) is 0.899. The zero-order valence-corrected chi connectivity index (χ0v) is 13.8. The highest BCUT2D eigenvalue weighted by molar-refractivity contribution is 8.01. The third kappa shape index (κ3) is 3.89. The number of rotatable bonds is 5. The number of benzene rings is 1. The Morgan fingerprint density at radius 3 is 2.91 bits per heavy atom. The minimum atomic E-state index is -0.491. The third-order valence-corrected chi connectivity index (χ3v) is 5.47. The van der Waals surface area contributed by atoms with Crippen molar-refractivity contribution in [3.05, 3.63) is 24.3 Å². The van der Waals surface area contributed by atoms with Crippen molar-refractivity contribution in [2.24, 2.45) is 0 Å². The largest absolute Gasteiger partial charge is 0.455 e. The Balaban J connectivity index is 1.46. The molecule has 1 fully saturated rings. The van der Waals surface area contributed by atoms with Gasteiger partial charge in [0.15, 0.2) is 10.9 Å². The van der Waals surface area contributed by atoms with Crippen LogP contribution in [0.5, 0.6) is 0 Å². The maximum Gasteiger partial charge on any atom is 0.316 e. The Bertz CT molecular complexity index is 726. The van der Waals surface area contributed by atoms with E-state index in [-0.39, 0.29) is 18.3 Å². The van der Waals surface area contributed by atoms with Gasteiger partial charge in [0.2, 0.25) is 5.91 Å². The molecule has 0 N–H and O–H groups in total. The van der Waals surface area contributed by atoms with E-state index in [1.54, 1.807) is 0 Å². The average molecular weight is 350 g/mol. The summed E-state index contributed by atoms with van der Waals surface area (Å²) >= 11 is 2.79. The highest BCUT2D eigenvalue weighted by Gasteiger charge is 2.26. The summed E-state index contributed by atoms with van der Waals surface area (Å²) in [6, 6.07) is 7.74. The molecular formula is C15H14N2O4S2. The molecule has 2 amide bonds. The van der Waals surface area contributed by atoms with Gasteiger partial charge in [0, 0.05) is 13.0 Å². The van der Waals surface area contributed by atoms with Gasteiger partial charge in [-0.2, -0.15) is 0 Å². The molecule has 23 heavy (non-hydrogen) atoms. The number of aromatic nitrogens is 1. The SMILES string of the molecule is O=C(CSc1nc2ccccc2s1)OCC(=O)N1CCCC1=O. The van der Waals surface area contributed by atoms with Gasteiger partial charge in [-0.1, -0.05) is 23.9 Å². The predicted molar refractivity (Wildman–Crippen MR) is 87.3 cm³/mol. The molecule has 3 rings (SSSR count). The molecule has 120 valence electrons. The minimum absolute atomic E-state index is 0.0844. The number of para-hydroxylation sites is 1. The molecule has 1 saturated heterocycles. The van der Waals surface area contributed by atoms with Gasteiger partial charge in [0.25, 0.3) is 5.91 Å². The van der Waals surface area contributed by atoms with E-state index in [1.807, 2.05) is 24.3 Å². The standard InChI is InChI=1S/C15H14N2O4S2/c18-12-6-3-7-17(12)13(19)8-21-14(20)9-22-15-16-10-4-1-2-5-11(10)23-15/h1-2,4-5H,3,6-9H2. The maximum atomic E-state index is 11.8. The average Bonchev–Trinajstić information content (AvgIpc) is 3.16. The van der Waals surface area contributed by atoms with Crippen LogP contribution in [-0.4, -0.2) is 46.6 Å². The van der Waals surface area contributed by atoms with E-state index in [0.717, 1.165) is 19.5 Å². The molecule has 1 aliphatic heterocycles. The van der Waals surface area contributed by atoms with Gasteiger partial charge in [0.1, 0.15) is 0 Å². The molecule has 0 unspecified atom stereocenters. The molecule has 1 aliphatic rings. The summed E-state index contributed by atoms with van der Waals surface area (Å²) in [7, 11) is 0. The lowest BCUT2D eigenvalue weighted by Gasteiger charge is -2.13.